The van der Waals surface area contributed by atoms with Gasteiger partial charge in [-0.1, -0.05) is 5.57 Å². The fourth-order valence-corrected chi connectivity index (χ4v) is 5.68. The number of allylic oxidation sites excluding steroid dienone is 1. The van der Waals surface area contributed by atoms with E-state index in [4.69, 9.17) is 4.74 Å². The zero-order valence-corrected chi connectivity index (χ0v) is 22.8. The molecule has 0 bridgehead atoms. The van der Waals surface area contributed by atoms with Crippen molar-refractivity contribution in [1.29, 1.82) is 0 Å². The first-order chi connectivity index (χ1) is 18.3. The fourth-order valence-electron chi connectivity index (χ4n) is 5.68. The molecule has 5 heterocycles. The normalized spacial score (nSPS) is 19.4. The van der Waals surface area contributed by atoms with Gasteiger partial charge in [-0.15, -0.1) is 0 Å². The Labute approximate surface area is 223 Å². The van der Waals surface area contributed by atoms with Crippen LogP contribution in [0.15, 0.2) is 47.2 Å². The van der Waals surface area contributed by atoms with Crippen LogP contribution in [0.5, 0.6) is 0 Å². The van der Waals surface area contributed by atoms with Crippen molar-refractivity contribution in [3.05, 3.63) is 59.1 Å². The molecule has 5 rings (SSSR count). The number of aromatic nitrogens is 3. The van der Waals surface area contributed by atoms with Crippen molar-refractivity contribution in [3.8, 4) is 11.3 Å². The van der Waals surface area contributed by atoms with Crippen molar-refractivity contribution in [2.45, 2.75) is 47.2 Å². The second-order valence-corrected chi connectivity index (χ2v) is 10.2. The van der Waals surface area contributed by atoms with E-state index in [0.717, 1.165) is 53.2 Å². The molecule has 3 aromatic heterocycles. The van der Waals surface area contributed by atoms with Crippen LogP contribution >= 0.6 is 0 Å². The number of dihydropyridines is 1. The van der Waals surface area contributed by atoms with E-state index in [1.807, 2.05) is 49.9 Å². The third kappa shape index (κ3) is 4.83. The first kappa shape index (κ1) is 26.1. The summed E-state index contributed by atoms with van der Waals surface area (Å²) in [5, 5.41) is 7.46. The maximum absolute atomic E-state index is 13.6. The van der Waals surface area contributed by atoms with Crippen molar-refractivity contribution in [3.63, 3.8) is 0 Å². The molecule has 1 saturated heterocycles. The van der Waals surface area contributed by atoms with Crippen LogP contribution in [0.2, 0.25) is 0 Å². The van der Waals surface area contributed by atoms with Gasteiger partial charge in [0.25, 0.3) is 11.8 Å². The third-order valence-corrected chi connectivity index (χ3v) is 7.77. The molecule has 2 aliphatic rings. The molecule has 0 aromatic carbocycles. The molecule has 200 valence electrons. The lowest BCUT2D eigenvalue weighted by Crippen LogP contribution is -2.39. The van der Waals surface area contributed by atoms with E-state index < -0.39 is 5.92 Å². The number of morpholine rings is 1. The summed E-state index contributed by atoms with van der Waals surface area (Å²) in [7, 11) is 0. The van der Waals surface area contributed by atoms with Gasteiger partial charge in [-0.25, -0.2) is 4.99 Å². The summed E-state index contributed by atoms with van der Waals surface area (Å²) < 4.78 is 9.78. The van der Waals surface area contributed by atoms with E-state index in [-0.39, 0.29) is 24.4 Å². The van der Waals surface area contributed by atoms with E-state index in [0.29, 0.717) is 24.5 Å². The number of carbonyl (C=O) groups excluding carboxylic acids is 2. The molecule has 1 N–H and O–H groups in total. The molecule has 9 heteroatoms. The number of amides is 2. The number of hydrogen-bond acceptors (Lipinski definition) is 5. The van der Waals surface area contributed by atoms with Crippen LogP contribution in [0, 0.1) is 12.8 Å². The Kier molecular flexibility index (Phi) is 7.32. The Hall–Kier alpha value is -3.56. The topological polar surface area (TPSA) is 93.2 Å². The summed E-state index contributed by atoms with van der Waals surface area (Å²) in [5.41, 5.74) is 7.28. The Morgan fingerprint density at radius 2 is 1.97 bits per heavy atom. The molecule has 1 fully saturated rings. The molecule has 38 heavy (non-hydrogen) atoms. The van der Waals surface area contributed by atoms with Crippen LogP contribution in [0.25, 0.3) is 16.8 Å². The number of nitrogens with one attached hydrogen (secondary N) is 1. The lowest BCUT2D eigenvalue weighted by Gasteiger charge is -2.34. The molecule has 0 radical (unpaired) electrons. The number of fused-ring (bicyclic) bond motifs is 1. The molecule has 2 atom stereocenters. The molecule has 2 aliphatic heterocycles. The average Bonchev–Trinajstić information content (AvgIpc) is 3.54. The van der Waals surface area contributed by atoms with Gasteiger partial charge in [-0.2, -0.15) is 5.10 Å². The molecule has 0 aliphatic carbocycles. The third-order valence-electron chi connectivity index (χ3n) is 7.77. The molecular weight excluding hydrogens is 480 g/mol. The standard InChI is InChI=1S/C29H36N6O3/c1-6-35-26(7-8-31-35)22-14-23-15-24(28(36)30-16-25-18(2)13-19(3)32-29(25)37)20(4)27(34(23)17-22)21(5)33-9-11-38-12-10-33/h7-8,13-15,17,21,25H,6,9-12,16H2,1-5H3,(H,30,36). The van der Waals surface area contributed by atoms with Gasteiger partial charge in [-0.3, -0.25) is 19.2 Å². The van der Waals surface area contributed by atoms with Crippen molar-refractivity contribution in [2.75, 3.05) is 32.8 Å². The number of carbonyl (C=O) groups is 2. The van der Waals surface area contributed by atoms with Crippen molar-refractivity contribution >= 4 is 23.0 Å². The van der Waals surface area contributed by atoms with Crippen LogP contribution < -0.4 is 5.32 Å². The molecule has 2 unspecified atom stereocenters. The first-order valence-electron chi connectivity index (χ1n) is 13.3. The van der Waals surface area contributed by atoms with Crippen LogP contribution in [0.4, 0.5) is 0 Å². The highest BCUT2D eigenvalue weighted by Crippen LogP contribution is 2.32. The minimum Gasteiger partial charge on any atom is -0.379 e. The molecule has 0 saturated carbocycles. The Balaban J connectivity index is 1.53. The molecule has 9 nitrogen and oxygen atoms in total. The Morgan fingerprint density at radius 1 is 1.21 bits per heavy atom. The molecule has 2 amide bonds. The van der Waals surface area contributed by atoms with E-state index in [1.165, 1.54) is 0 Å². The van der Waals surface area contributed by atoms with Crippen LogP contribution in [0.1, 0.15) is 55.4 Å². The van der Waals surface area contributed by atoms with Gasteiger partial charge in [0.1, 0.15) is 0 Å². The maximum Gasteiger partial charge on any atom is 0.254 e. The molecule has 3 aromatic rings. The van der Waals surface area contributed by atoms with Crippen molar-refractivity contribution in [1.82, 2.24) is 24.4 Å². The van der Waals surface area contributed by atoms with Crippen LogP contribution in [0.3, 0.4) is 0 Å². The van der Waals surface area contributed by atoms with Crippen LogP contribution in [-0.2, 0) is 16.1 Å². The first-order valence-corrected chi connectivity index (χ1v) is 13.3. The number of pyridine rings is 1. The Bertz CT molecular complexity index is 1440. The summed E-state index contributed by atoms with van der Waals surface area (Å²) in [5.74, 6) is -0.832. The van der Waals surface area contributed by atoms with Crippen molar-refractivity contribution < 1.29 is 14.3 Å². The summed E-state index contributed by atoms with van der Waals surface area (Å²) in [6, 6.07) is 6.16. The maximum atomic E-state index is 13.6. The summed E-state index contributed by atoms with van der Waals surface area (Å²) in [4.78, 5) is 32.5. The molecular formula is C29H36N6O3. The predicted molar refractivity (Wildman–Crippen MR) is 148 cm³/mol. The number of aryl methyl sites for hydroxylation is 1. The summed E-state index contributed by atoms with van der Waals surface area (Å²) in [6.45, 7) is 14.1. The van der Waals surface area contributed by atoms with E-state index in [2.05, 4.69) is 50.8 Å². The number of ether oxygens (including phenoxy) is 1. The van der Waals surface area contributed by atoms with Gasteiger partial charge < -0.3 is 14.5 Å². The highest BCUT2D eigenvalue weighted by Gasteiger charge is 2.28. The largest absolute Gasteiger partial charge is 0.379 e. The number of rotatable bonds is 7. The van der Waals surface area contributed by atoms with Gasteiger partial charge in [0.15, 0.2) is 0 Å². The highest BCUT2D eigenvalue weighted by atomic mass is 16.5. The van der Waals surface area contributed by atoms with E-state index >= 15 is 0 Å². The quantitative estimate of drug-likeness (QED) is 0.515. The van der Waals surface area contributed by atoms with E-state index in [1.54, 1.807) is 0 Å². The minimum absolute atomic E-state index is 0.0768. The number of aliphatic imine (C=N–C) groups is 1. The predicted octanol–water partition coefficient (Wildman–Crippen LogP) is 3.82. The van der Waals surface area contributed by atoms with Gasteiger partial charge in [0, 0.05) is 72.7 Å². The zero-order valence-electron chi connectivity index (χ0n) is 22.8. The van der Waals surface area contributed by atoms with Gasteiger partial charge in [0.2, 0.25) is 0 Å². The smallest absolute Gasteiger partial charge is 0.254 e. The minimum atomic E-state index is -0.437. The monoisotopic (exact) mass is 516 g/mol. The summed E-state index contributed by atoms with van der Waals surface area (Å²) in [6.07, 6.45) is 5.87. The average molecular weight is 517 g/mol. The second kappa shape index (κ2) is 10.7. The van der Waals surface area contributed by atoms with E-state index in [9.17, 15) is 9.59 Å². The number of hydrogen-bond donors (Lipinski definition) is 1. The van der Waals surface area contributed by atoms with Gasteiger partial charge in [0.05, 0.1) is 24.8 Å². The van der Waals surface area contributed by atoms with Crippen LogP contribution in [-0.4, -0.2) is 69.5 Å². The van der Waals surface area contributed by atoms with Crippen molar-refractivity contribution in [2.24, 2.45) is 10.9 Å². The van der Waals surface area contributed by atoms with Gasteiger partial charge in [-0.05, 0) is 64.5 Å². The fraction of sp³-hybridized carbons (Fsp3) is 0.448. The zero-order chi connectivity index (χ0) is 27.0. The number of nitrogens with zero attached hydrogens (tertiary/aromatic N) is 5. The molecule has 0 spiro atoms. The lowest BCUT2D eigenvalue weighted by molar-refractivity contribution is -0.120. The van der Waals surface area contributed by atoms with Gasteiger partial charge >= 0.3 is 0 Å². The SMILES string of the molecule is CCn1nccc1-c1cc2cc(C(=O)NCC3C(=O)N=C(C)C=C3C)c(C)c(C(C)N3CCOCC3)n2c1. The lowest BCUT2D eigenvalue weighted by atomic mass is 9.95. The highest BCUT2D eigenvalue weighted by molar-refractivity contribution is 6.06. The summed E-state index contributed by atoms with van der Waals surface area (Å²) >= 11 is 0. The Morgan fingerprint density at radius 3 is 2.68 bits per heavy atom. The second-order valence-electron chi connectivity index (χ2n) is 10.2.